The standard InChI is InChI=1S/C16H13FN2O2S/c1-20-13-6-8-14(9-7-13)22-10-15-18-16(19-21-15)11-2-4-12(17)5-3-11/h2-9H,10H2,1H3. The number of rotatable bonds is 5. The van der Waals surface area contributed by atoms with Crippen LogP contribution >= 0.6 is 11.8 Å². The van der Waals surface area contributed by atoms with Gasteiger partial charge < -0.3 is 9.26 Å². The van der Waals surface area contributed by atoms with E-state index in [0.29, 0.717) is 17.5 Å². The van der Waals surface area contributed by atoms with E-state index in [-0.39, 0.29) is 5.82 Å². The van der Waals surface area contributed by atoms with Crippen molar-refractivity contribution in [2.24, 2.45) is 0 Å². The normalized spacial score (nSPS) is 10.6. The molecule has 0 spiro atoms. The quantitative estimate of drug-likeness (QED) is 0.661. The van der Waals surface area contributed by atoms with Crippen molar-refractivity contribution in [3.63, 3.8) is 0 Å². The summed E-state index contributed by atoms with van der Waals surface area (Å²) in [5.74, 6) is 2.09. The molecule has 0 amide bonds. The Morgan fingerprint density at radius 2 is 1.82 bits per heavy atom. The summed E-state index contributed by atoms with van der Waals surface area (Å²) in [6.07, 6.45) is 0. The molecule has 0 aliphatic carbocycles. The van der Waals surface area contributed by atoms with Gasteiger partial charge in [0, 0.05) is 10.5 Å². The highest BCUT2D eigenvalue weighted by Crippen LogP contribution is 2.25. The molecule has 0 aliphatic rings. The van der Waals surface area contributed by atoms with Gasteiger partial charge in [-0.15, -0.1) is 11.8 Å². The molecule has 0 N–H and O–H groups in total. The molecule has 22 heavy (non-hydrogen) atoms. The predicted molar refractivity (Wildman–Crippen MR) is 82.2 cm³/mol. The van der Waals surface area contributed by atoms with Gasteiger partial charge in [-0.05, 0) is 48.5 Å². The van der Waals surface area contributed by atoms with Crippen molar-refractivity contribution < 1.29 is 13.7 Å². The Morgan fingerprint density at radius 3 is 2.50 bits per heavy atom. The van der Waals surface area contributed by atoms with E-state index in [0.717, 1.165) is 16.2 Å². The van der Waals surface area contributed by atoms with Crippen LogP contribution in [0.25, 0.3) is 11.4 Å². The molecular weight excluding hydrogens is 303 g/mol. The minimum absolute atomic E-state index is 0.289. The number of thioether (sulfide) groups is 1. The van der Waals surface area contributed by atoms with E-state index in [1.807, 2.05) is 24.3 Å². The Bertz CT molecular complexity index is 742. The number of nitrogens with zero attached hydrogens (tertiary/aromatic N) is 2. The molecule has 3 aromatic rings. The van der Waals surface area contributed by atoms with Gasteiger partial charge in [0.25, 0.3) is 0 Å². The molecule has 112 valence electrons. The molecule has 4 nitrogen and oxygen atoms in total. The average molecular weight is 316 g/mol. The molecule has 3 rings (SSSR count). The maximum absolute atomic E-state index is 12.9. The molecule has 1 heterocycles. The summed E-state index contributed by atoms with van der Waals surface area (Å²) in [5.41, 5.74) is 0.728. The lowest BCUT2D eigenvalue weighted by atomic mass is 10.2. The fraction of sp³-hybridized carbons (Fsp3) is 0.125. The largest absolute Gasteiger partial charge is 0.497 e. The molecule has 0 aliphatic heterocycles. The lowest BCUT2D eigenvalue weighted by Crippen LogP contribution is -1.84. The van der Waals surface area contributed by atoms with Crippen LogP contribution in [0.5, 0.6) is 5.75 Å². The van der Waals surface area contributed by atoms with Crippen molar-refractivity contribution in [2.45, 2.75) is 10.6 Å². The van der Waals surface area contributed by atoms with Gasteiger partial charge in [-0.3, -0.25) is 0 Å². The summed E-state index contributed by atoms with van der Waals surface area (Å²) >= 11 is 1.59. The van der Waals surface area contributed by atoms with Crippen molar-refractivity contribution in [1.82, 2.24) is 10.1 Å². The molecule has 0 atom stereocenters. The minimum atomic E-state index is -0.289. The third-order valence-corrected chi connectivity index (χ3v) is 3.99. The van der Waals surface area contributed by atoms with E-state index < -0.39 is 0 Å². The summed E-state index contributed by atoms with van der Waals surface area (Å²) < 4.78 is 23.2. The van der Waals surface area contributed by atoms with E-state index in [2.05, 4.69) is 10.1 Å². The second-order valence-corrected chi connectivity index (χ2v) is 5.53. The van der Waals surface area contributed by atoms with Gasteiger partial charge in [-0.25, -0.2) is 4.39 Å². The van der Waals surface area contributed by atoms with Gasteiger partial charge >= 0.3 is 0 Å². The van der Waals surface area contributed by atoms with Crippen molar-refractivity contribution in [2.75, 3.05) is 7.11 Å². The summed E-state index contributed by atoms with van der Waals surface area (Å²) in [6.45, 7) is 0. The van der Waals surface area contributed by atoms with Gasteiger partial charge in [0.2, 0.25) is 11.7 Å². The van der Waals surface area contributed by atoms with Gasteiger partial charge in [-0.2, -0.15) is 4.98 Å². The van der Waals surface area contributed by atoms with Crippen molar-refractivity contribution in [3.8, 4) is 17.1 Å². The zero-order valence-electron chi connectivity index (χ0n) is 11.8. The number of hydrogen-bond donors (Lipinski definition) is 0. The lowest BCUT2D eigenvalue weighted by molar-refractivity contribution is 0.391. The highest BCUT2D eigenvalue weighted by Gasteiger charge is 2.09. The van der Waals surface area contributed by atoms with E-state index in [1.54, 1.807) is 31.0 Å². The first-order valence-corrected chi connectivity index (χ1v) is 7.58. The zero-order chi connectivity index (χ0) is 15.4. The van der Waals surface area contributed by atoms with Crippen LogP contribution in [0, 0.1) is 5.82 Å². The van der Waals surface area contributed by atoms with Gasteiger partial charge in [0.05, 0.1) is 12.9 Å². The summed E-state index contributed by atoms with van der Waals surface area (Å²) in [7, 11) is 1.64. The first kappa shape index (κ1) is 14.6. The number of methoxy groups -OCH3 is 1. The predicted octanol–water partition coefficient (Wildman–Crippen LogP) is 4.18. The molecular formula is C16H13FN2O2S. The van der Waals surface area contributed by atoms with Gasteiger partial charge in [0.15, 0.2) is 0 Å². The molecule has 0 fully saturated rings. The number of benzene rings is 2. The number of hydrogen-bond acceptors (Lipinski definition) is 5. The summed E-state index contributed by atoms with van der Waals surface area (Å²) in [5, 5.41) is 3.91. The molecule has 0 bridgehead atoms. The highest BCUT2D eigenvalue weighted by atomic mass is 32.2. The third kappa shape index (κ3) is 3.46. The molecule has 1 aromatic heterocycles. The average Bonchev–Trinajstić information content (AvgIpc) is 3.03. The van der Waals surface area contributed by atoms with Crippen molar-refractivity contribution in [3.05, 3.63) is 60.2 Å². The number of ether oxygens (including phenoxy) is 1. The van der Waals surface area contributed by atoms with Crippen molar-refractivity contribution in [1.29, 1.82) is 0 Å². The Balaban J connectivity index is 1.65. The lowest BCUT2D eigenvalue weighted by Gasteiger charge is -2.01. The van der Waals surface area contributed by atoms with Gasteiger partial charge in [0.1, 0.15) is 11.6 Å². The second-order valence-electron chi connectivity index (χ2n) is 4.48. The number of aromatic nitrogens is 2. The van der Waals surface area contributed by atoms with E-state index in [1.165, 1.54) is 12.1 Å². The van der Waals surface area contributed by atoms with Crippen LogP contribution in [0.1, 0.15) is 5.89 Å². The first-order chi connectivity index (χ1) is 10.7. The Kier molecular flexibility index (Phi) is 4.39. The fourth-order valence-electron chi connectivity index (χ4n) is 1.85. The molecule has 0 saturated heterocycles. The van der Waals surface area contributed by atoms with E-state index in [4.69, 9.17) is 9.26 Å². The van der Waals surface area contributed by atoms with Crippen LogP contribution in [0.4, 0.5) is 4.39 Å². The van der Waals surface area contributed by atoms with E-state index >= 15 is 0 Å². The molecule has 2 aromatic carbocycles. The first-order valence-electron chi connectivity index (χ1n) is 6.60. The van der Waals surface area contributed by atoms with Crippen LogP contribution in [0.3, 0.4) is 0 Å². The minimum Gasteiger partial charge on any atom is -0.497 e. The molecule has 0 unspecified atom stereocenters. The zero-order valence-corrected chi connectivity index (χ0v) is 12.6. The molecule has 6 heteroatoms. The summed E-state index contributed by atoms with van der Waals surface area (Å²) in [6, 6.07) is 13.7. The SMILES string of the molecule is COc1ccc(SCc2nc(-c3ccc(F)cc3)no2)cc1. The smallest absolute Gasteiger partial charge is 0.237 e. The monoisotopic (exact) mass is 316 g/mol. The second kappa shape index (κ2) is 6.62. The number of halogens is 1. The van der Waals surface area contributed by atoms with E-state index in [9.17, 15) is 4.39 Å². The fourth-order valence-corrected chi connectivity index (χ4v) is 2.58. The van der Waals surface area contributed by atoms with Crippen LogP contribution in [-0.2, 0) is 5.75 Å². The maximum Gasteiger partial charge on any atom is 0.237 e. The molecule has 0 radical (unpaired) electrons. The topological polar surface area (TPSA) is 48.2 Å². The van der Waals surface area contributed by atoms with Crippen molar-refractivity contribution >= 4 is 11.8 Å². The highest BCUT2D eigenvalue weighted by molar-refractivity contribution is 7.98. The Morgan fingerprint density at radius 1 is 1.09 bits per heavy atom. The maximum atomic E-state index is 12.9. The van der Waals surface area contributed by atoms with Crippen LogP contribution in [-0.4, -0.2) is 17.3 Å². The molecule has 0 saturated carbocycles. The van der Waals surface area contributed by atoms with Crippen LogP contribution in [0.2, 0.25) is 0 Å². The van der Waals surface area contributed by atoms with Crippen LogP contribution in [0.15, 0.2) is 57.9 Å². The third-order valence-electron chi connectivity index (χ3n) is 2.99. The Labute approximate surface area is 131 Å². The van der Waals surface area contributed by atoms with Crippen LogP contribution < -0.4 is 4.74 Å². The summed E-state index contributed by atoms with van der Waals surface area (Å²) in [4.78, 5) is 5.40. The van der Waals surface area contributed by atoms with Gasteiger partial charge in [-0.1, -0.05) is 5.16 Å². The Hall–Kier alpha value is -2.34.